The van der Waals surface area contributed by atoms with E-state index in [1.54, 1.807) is 18.5 Å². The molecule has 0 fully saturated rings. The van der Waals surface area contributed by atoms with Crippen LogP contribution < -0.4 is 10.2 Å². The van der Waals surface area contributed by atoms with E-state index < -0.39 is 0 Å². The maximum Gasteiger partial charge on any atom is 0.270 e. The fraction of sp³-hybridized carbons (Fsp3) is 0.200. The lowest BCUT2D eigenvalue weighted by Gasteiger charge is -2.29. The first-order valence-electron chi connectivity index (χ1n) is 8.60. The SMILES string of the molecule is O=C(NCc1ccncc1)c1cc(N2CCc3ccccc3C2)ncn1. The highest BCUT2D eigenvalue weighted by Crippen LogP contribution is 2.22. The van der Waals surface area contributed by atoms with Gasteiger partial charge in [0.2, 0.25) is 0 Å². The normalized spacial score (nSPS) is 13.2. The van der Waals surface area contributed by atoms with E-state index in [4.69, 9.17) is 0 Å². The second kappa shape index (κ2) is 7.31. The Balaban J connectivity index is 1.46. The van der Waals surface area contributed by atoms with E-state index in [1.807, 2.05) is 12.1 Å². The summed E-state index contributed by atoms with van der Waals surface area (Å²) in [5, 5.41) is 2.89. The van der Waals surface area contributed by atoms with Crippen molar-refractivity contribution < 1.29 is 4.79 Å². The second-order valence-corrected chi connectivity index (χ2v) is 6.24. The minimum Gasteiger partial charge on any atom is -0.352 e. The zero-order valence-corrected chi connectivity index (χ0v) is 14.3. The molecule has 1 aliphatic rings. The number of aromatic nitrogens is 3. The van der Waals surface area contributed by atoms with Crippen molar-refractivity contribution in [3.8, 4) is 0 Å². The van der Waals surface area contributed by atoms with Crippen LogP contribution in [0, 0.1) is 0 Å². The van der Waals surface area contributed by atoms with Gasteiger partial charge in [-0.2, -0.15) is 0 Å². The number of amides is 1. The first-order chi connectivity index (χ1) is 12.8. The molecule has 0 saturated carbocycles. The van der Waals surface area contributed by atoms with E-state index in [1.165, 1.54) is 17.5 Å². The number of anilines is 1. The third-order valence-electron chi connectivity index (χ3n) is 4.54. The summed E-state index contributed by atoms with van der Waals surface area (Å²) < 4.78 is 0. The van der Waals surface area contributed by atoms with Crippen LogP contribution in [0.4, 0.5) is 5.82 Å². The summed E-state index contributed by atoms with van der Waals surface area (Å²) in [7, 11) is 0. The van der Waals surface area contributed by atoms with Crippen molar-refractivity contribution in [1.29, 1.82) is 0 Å². The summed E-state index contributed by atoms with van der Waals surface area (Å²) in [6.07, 6.45) is 5.85. The lowest BCUT2D eigenvalue weighted by molar-refractivity contribution is 0.0945. The fourth-order valence-corrected chi connectivity index (χ4v) is 3.11. The Morgan fingerprint density at radius 2 is 1.88 bits per heavy atom. The Labute approximate surface area is 151 Å². The van der Waals surface area contributed by atoms with Crippen molar-refractivity contribution >= 4 is 11.7 Å². The van der Waals surface area contributed by atoms with Crippen LogP contribution in [0.3, 0.4) is 0 Å². The zero-order chi connectivity index (χ0) is 17.8. The molecule has 0 saturated heterocycles. The molecule has 0 aliphatic carbocycles. The number of carbonyl (C=O) groups is 1. The molecule has 1 aliphatic heterocycles. The molecule has 0 atom stereocenters. The minimum absolute atomic E-state index is 0.206. The lowest BCUT2D eigenvalue weighted by atomic mass is 10.00. The summed E-state index contributed by atoms with van der Waals surface area (Å²) in [6.45, 7) is 2.12. The Morgan fingerprint density at radius 3 is 2.73 bits per heavy atom. The summed E-state index contributed by atoms with van der Waals surface area (Å²) in [5.41, 5.74) is 4.06. The van der Waals surface area contributed by atoms with Crippen molar-refractivity contribution in [3.63, 3.8) is 0 Å². The van der Waals surface area contributed by atoms with Crippen molar-refractivity contribution in [1.82, 2.24) is 20.3 Å². The molecule has 2 aromatic heterocycles. The average Bonchev–Trinajstić information content (AvgIpc) is 2.72. The van der Waals surface area contributed by atoms with Gasteiger partial charge in [0.15, 0.2) is 0 Å². The molecule has 3 aromatic rings. The van der Waals surface area contributed by atoms with Gasteiger partial charge in [-0.05, 0) is 35.2 Å². The second-order valence-electron chi connectivity index (χ2n) is 6.24. The van der Waals surface area contributed by atoms with Crippen LogP contribution in [0.5, 0.6) is 0 Å². The Hall–Kier alpha value is -3.28. The quantitative estimate of drug-likeness (QED) is 0.786. The molecule has 0 spiro atoms. The molecule has 6 heteroatoms. The summed E-state index contributed by atoms with van der Waals surface area (Å²) >= 11 is 0. The molecule has 1 amide bonds. The van der Waals surface area contributed by atoms with Crippen molar-refractivity contribution in [2.24, 2.45) is 0 Å². The molecule has 1 aromatic carbocycles. The lowest BCUT2D eigenvalue weighted by Crippen LogP contribution is -2.31. The number of hydrogen-bond acceptors (Lipinski definition) is 5. The Morgan fingerprint density at radius 1 is 1.08 bits per heavy atom. The van der Waals surface area contributed by atoms with Crippen LogP contribution in [0.2, 0.25) is 0 Å². The molecule has 26 heavy (non-hydrogen) atoms. The number of carbonyl (C=O) groups excluding carboxylic acids is 1. The smallest absolute Gasteiger partial charge is 0.270 e. The van der Waals surface area contributed by atoms with Gasteiger partial charge in [0.25, 0.3) is 5.91 Å². The summed E-state index contributed by atoms with van der Waals surface area (Å²) in [4.78, 5) is 27.1. The van der Waals surface area contributed by atoms with Gasteiger partial charge in [0.05, 0.1) is 0 Å². The molecule has 1 N–H and O–H groups in total. The van der Waals surface area contributed by atoms with Crippen LogP contribution in [0.15, 0.2) is 61.2 Å². The number of hydrogen-bond donors (Lipinski definition) is 1. The first kappa shape index (κ1) is 16.2. The average molecular weight is 345 g/mol. The van der Waals surface area contributed by atoms with Gasteiger partial charge in [-0.15, -0.1) is 0 Å². The van der Waals surface area contributed by atoms with Crippen LogP contribution >= 0.6 is 0 Å². The molecule has 3 heterocycles. The topological polar surface area (TPSA) is 71.0 Å². The van der Waals surface area contributed by atoms with Gasteiger partial charge in [-0.1, -0.05) is 24.3 Å². The number of fused-ring (bicyclic) bond motifs is 1. The number of rotatable bonds is 4. The molecular formula is C20H19N5O. The van der Waals surface area contributed by atoms with Gasteiger partial charge in [0, 0.05) is 38.1 Å². The molecule has 6 nitrogen and oxygen atoms in total. The van der Waals surface area contributed by atoms with Crippen LogP contribution in [-0.2, 0) is 19.5 Å². The molecule has 4 rings (SSSR count). The first-order valence-corrected chi connectivity index (χ1v) is 8.60. The minimum atomic E-state index is -0.206. The largest absolute Gasteiger partial charge is 0.352 e. The zero-order valence-electron chi connectivity index (χ0n) is 14.3. The molecule has 0 unspecified atom stereocenters. The van der Waals surface area contributed by atoms with E-state index in [9.17, 15) is 4.79 Å². The maximum absolute atomic E-state index is 12.4. The van der Waals surface area contributed by atoms with Gasteiger partial charge in [-0.3, -0.25) is 9.78 Å². The molecular weight excluding hydrogens is 326 g/mol. The van der Waals surface area contributed by atoms with Crippen molar-refractivity contribution in [2.75, 3.05) is 11.4 Å². The predicted molar refractivity (Wildman–Crippen MR) is 98.6 cm³/mol. The van der Waals surface area contributed by atoms with Crippen LogP contribution in [0.1, 0.15) is 27.2 Å². The van der Waals surface area contributed by atoms with Gasteiger partial charge >= 0.3 is 0 Å². The Bertz CT molecular complexity index is 913. The van der Waals surface area contributed by atoms with E-state index in [0.29, 0.717) is 12.2 Å². The Kier molecular flexibility index (Phi) is 4.55. The number of benzene rings is 1. The van der Waals surface area contributed by atoms with Gasteiger partial charge in [-0.25, -0.2) is 9.97 Å². The van der Waals surface area contributed by atoms with Crippen molar-refractivity contribution in [2.45, 2.75) is 19.5 Å². The van der Waals surface area contributed by atoms with E-state index in [0.717, 1.165) is 30.9 Å². The highest BCUT2D eigenvalue weighted by atomic mass is 16.1. The number of nitrogens with one attached hydrogen (secondary N) is 1. The van der Waals surface area contributed by atoms with Gasteiger partial charge in [0.1, 0.15) is 17.8 Å². The fourth-order valence-electron chi connectivity index (χ4n) is 3.11. The highest BCUT2D eigenvalue weighted by Gasteiger charge is 2.18. The number of pyridine rings is 1. The van der Waals surface area contributed by atoms with E-state index >= 15 is 0 Å². The summed E-state index contributed by atoms with van der Waals surface area (Å²) in [5.74, 6) is 0.575. The van der Waals surface area contributed by atoms with Gasteiger partial charge < -0.3 is 10.2 Å². The van der Waals surface area contributed by atoms with Crippen molar-refractivity contribution in [3.05, 3.63) is 83.6 Å². The molecule has 0 bridgehead atoms. The van der Waals surface area contributed by atoms with E-state index in [-0.39, 0.29) is 5.91 Å². The van der Waals surface area contributed by atoms with Crippen LogP contribution in [0.25, 0.3) is 0 Å². The van der Waals surface area contributed by atoms with E-state index in [2.05, 4.69) is 49.4 Å². The molecule has 130 valence electrons. The third-order valence-corrected chi connectivity index (χ3v) is 4.54. The summed E-state index contributed by atoms with van der Waals surface area (Å²) in [6, 6.07) is 13.9. The molecule has 0 radical (unpaired) electrons. The monoisotopic (exact) mass is 345 g/mol. The maximum atomic E-state index is 12.4. The predicted octanol–water partition coefficient (Wildman–Crippen LogP) is 2.36. The number of nitrogens with zero attached hydrogens (tertiary/aromatic N) is 4. The van der Waals surface area contributed by atoms with Crippen LogP contribution in [-0.4, -0.2) is 27.4 Å². The highest BCUT2D eigenvalue weighted by molar-refractivity contribution is 5.92. The standard InChI is InChI=1S/C20H19N5O/c26-20(22-12-15-5-8-21-9-6-15)18-11-19(24-14-23-18)25-10-7-16-3-1-2-4-17(16)13-25/h1-6,8-9,11,14H,7,10,12-13H2,(H,22,26). The third kappa shape index (κ3) is 3.54.